The number of hydrogen-bond donors (Lipinski definition) is 1. The SMILES string of the molecule is CCC(CSC)NCc1cnc(C2CC2)s1. The van der Waals surface area contributed by atoms with Gasteiger partial charge in [-0.05, 0) is 25.5 Å². The number of thioether (sulfide) groups is 1. The van der Waals surface area contributed by atoms with Crippen molar-refractivity contribution in [1.29, 1.82) is 0 Å². The highest BCUT2D eigenvalue weighted by Gasteiger charge is 2.26. The lowest BCUT2D eigenvalue weighted by molar-refractivity contribution is 0.544. The Morgan fingerprint density at radius 3 is 3.06 bits per heavy atom. The average Bonchev–Trinajstić information content (AvgIpc) is 3.04. The second-order valence-electron chi connectivity index (χ2n) is 4.38. The molecule has 2 rings (SSSR count). The Kier molecular flexibility index (Phi) is 4.67. The first kappa shape index (κ1) is 12.4. The van der Waals surface area contributed by atoms with Gasteiger partial charge in [0.1, 0.15) is 0 Å². The van der Waals surface area contributed by atoms with Crippen molar-refractivity contribution >= 4 is 23.1 Å². The molecule has 16 heavy (non-hydrogen) atoms. The first-order chi connectivity index (χ1) is 7.83. The van der Waals surface area contributed by atoms with Crippen molar-refractivity contribution in [2.75, 3.05) is 12.0 Å². The fourth-order valence-corrected chi connectivity index (χ4v) is 3.48. The zero-order valence-corrected chi connectivity index (χ0v) is 11.7. The van der Waals surface area contributed by atoms with E-state index in [1.165, 1.54) is 34.9 Å². The summed E-state index contributed by atoms with van der Waals surface area (Å²) >= 11 is 3.81. The Balaban J connectivity index is 1.78. The average molecular weight is 256 g/mol. The molecule has 0 aliphatic heterocycles. The van der Waals surface area contributed by atoms with E-state index >= 15 is 0 Å². The molecule has 1 aliphatic rings. The third kappa shape index (κ3) is 3.47. The highest BCUT2D eigenvalue weighted by atomic mass is 32.2. The molecule has 1 aliphatic carbocycles. The molecule has 1 aromatic heterocycles. The van der Waals surface area contributed by atoms with Crippen LogP contribution in [0.3, 0.4) is 0 Å². The highest BCUT2D eigenvalue weighted by Crippen LogP contribution is 2.41. The minimum atomic E-state index is 0.640. The summed E-state index contributed by atoms with van der Waals surface area (Å²) in [5.74, 6) is 2.00. The van der Waals surface area contributed by atoms with Crippen LogP contribution >= 0.6 is 23.1 Å². The monoisotopic (exact) mass is 256 g/mol. The maximum atomic E-state index is 4.50. The van der Waals surface area contributed by atoms with Gasteiger partial charge in [0.15, 0.2) is 0 Å². The molecule has 0 bridgehead atoms. The van der Waals surface area contributed by atoms with E-state index in [4.69, 9.17) is 0 Å². The maximum Gasteiger partial charge on any atom is 0.0959 e. The minimum Gasteiger partial charge on any atom is -0.308 e. The van der Waals surface area contributed by atoms with Gasteiger partial charge in [-0.25, -0.2) is 4.98 Å². The summed E-state index contributed by atoms with van der Waals surface area (Å²) in [5.41, 5.74) is 0. The number of rotatable bonds is 7. The Hall–Kier alpha value is -0.0600. The molecule has 0 aromatic carbocycles. The lowest BCUT2D eigenvalue weighted by Gasteiger charge is -2.14. The highest BCUT2D eigenvalue weighted by molar-refractivity contribution is 7.98. The molecule has 4 heteroatoms. The zero-order chi connectivity index (χ0) is 11.4. The summed E-state index contributed by atoms with van der Waals surface area (Å²) < 4.78 is 0. The van der Waals surface area contributed by atoms with Crippen LogP contribution in [0, 0.1) is 0 Å². The van der Waals surface area contributed by atoms with Crippen LogP contribution in [0.25, 0.3) is 0 Å². The summed E-state index contributed by atoms with van der Waals surface area (Å²) in [6.07, 6.45) is 8.13. The lowest BCUT2D eigenvalue weighted by Crippen LogP contribution is -2.29. The molecule has 0 radical (unpaired) electrons. The number of aromatic nitrogens is 1. The summed E-state index contributed by atoms with van der Waals surface area (Å²) in [4.78, 5) is 5.89. The van der Waals surface area contributed by atoms with Crippen molar-refractivity contribution in [3.63, 3.8) is 0 Å². The predicted molar refractivity (Wildman–Crippen MR) is 73.4 cm³/mol. The van der Waals surface area contributed by atoms with Crippen LogP contribution < -0.4 is 5.32 Å². The second-order valence-corrected chi connectivity index (χ2v) is 6.44. The van der Waals surface area contributed by atoms with E-state index in [1.54, 1.807) is 0 Å². The van der Waals surface area contributed by atoms with Crippen LogP contribution in [0.2, 0.25) is 0 Å². The third-order valence-corrected chi connectivity index (χ3v) is 4.82. The van der Waals surface area contributed by atoms with Crippen LogP contribution in [0.1, 0.15) is 42.0 Å². The van der Waals surface area contributed by atoms with Crippen molar-refractivity contribution in [1.82, 2.24) is 10.3 Å². The molecule has 2 nitrogen and oxygen atoms in total. The van der Waals surface area contributed by atoms with E-state index in [9.17, 15) is 0 Å². The summed E-state index contributed by atoms with van der Waals surface area (Å²) in [7, 11) is 0. The van der Waals surface area contributed by atoms with Crippen molar-refractivity contribution < 1.29 is 0 Å². The van der Waals surface area contributed by atoms with E-state index in [1.807, 2.05) is 23.1 Å². The summed E-state index contributed by atoms with van der Waals surface area (Å²) in [5, 5.41) is 4.97. The van der Waals surface area contributed by atoms with Gasteiger partial charge in [-0.15, -0.1) is 11.3 Å². The smallest absolute Gasteiger partial charge is 0.0959 e. The topological polar surface area (TPSA) is 24.9 Å². The molecule has 0 amide bonds. The number of hydrogen-bond acceptors (Lipinski definition) is 4. The van der Waals surface area contributed by atoms with Gasteiger partial charge < -0.3 is 5.32 Å². The van der Waals surface area contributed by atoms with Crippen LogP contribution in [0.5, 0.6) is 0 Å². The second kappa shape index (κ2) is 6.03. The van der Waals surface area contributed by atoms with E-state index in [-0.39, 0.29) is 0 Å². The Morgan fingerprint density at radius 1 is 1.62 bits per heavy atom. The van der Waals surface area contributed by atoms with Crippen molar-refractivity contribution in [3.05, 3.63) is 16.1 Å². The zero-order valence-electron chi connectivity index (χ0n) is 10.0. The summed E-state index contributed by atoms with van der Waals surface area (Å²) in [6.45, 7) is 3.24. The van der Waals surface area contributed by atoms with Crippen molar-refractivity contribution in [2.24, 2.45) is 0 Å². The van der Waals surface area contributed by atoms with Gasteiger partial charge in [0.25, 0.3) is 0 Å². The quantitative estimate of drug-likeness (QED) is 0.810. The maximum absolute atomic E-state index is 4.50. The number of thiazole rings is 1. The van der Waals surface area contributed by atoms with E-state index in [2.05, 4.69) is 29.7 Å². The first-order valence-corrected chi connectivity index (χ1v) is 8.21. The molecule has 0 spiro atoms. The fraction of sp³-hybridized carbons (Fsp3) is 0.750. The van der Waals surface area contributed by atoms with Gasteiger partial charge in [-0.3, -0.25) is 0 Å². The van der Waals surface area contributed by atoms with Gasteiger partial charge in [-0.2, -0.15) is 11.8 Å². The van der Waals surface area contributed by atoms with E-state index < -0.39 is 0 Å². The van der Waals surface area contributed by atoms with Crippen LogP contribution in [0.4, 0.5) is 0 Å². The van der Waals surface area contributed by atoms with Crippen molar-refractivity contribution in [2.45, 2.75) is 44.7 Å². The fourth-order valence-electron chi connectivity index (χ4n) is 1.69. The predicted octanol–water partition coefficient (Wildman–Crippen LogP) is 3.25. The van der Waals surface area contributed by atoms with Gasteiger partial charge >= 0.3 is 0 Å². The third-order valence-electron chi connectivity index (χ3n) is 2.92. The molecule has 0 saturated heterocycles. The van der Waals surface area contributed by atoms with E-state index in [0.717, 1.165) is 12.5 Å². The largest absolute Gasteiger partial charge is 0.308 e. The summed E-state index contributed by atoms with van der Waals surface area (Å²) in [6, 6.07) is 0.640. The molecule has 1 saturated carbocycles. The molecule has 1 fully saturated rings. The van der Waals surface area contributed by atoms with Crippen LogP contribution in [-0.4, -0.2) is 23.0 Å². The Bertz CT molecular complexity index is 321. The van der Waals surface area contributed by atoms with Gasteiger partial charge in [0.05, 0.1) is 5.01 Å². The standard InChI is InChI=1S/C12H20N2S2/c1-3-10(8-15-2)13-6-11-7-14-12(16-11)9-4-5-9/h7,9-10,13H,3-6,8H2,1-2H3. The van der Waals surface area contributed by atoms with Crippen LogP contribution in [-0.2, 0) is 6.54 Å². The molecule has 1 unspecified atom stereocenters. The minimum absolute atomic E-state index is 0.640. The van der Waals surface area contributed by atoms with E-state index in [0.29, 0.717) is 6.04 Å². The van der Waals surface area contributed by atoms with Crippen LogP contribution in [0.15, 0.2) is 6.20 Å². The number of nitrogens with zero attached hydrogens (tertiary/aromatic N) is 1. The lowest BCUT2D eigenvalue weighted by atomic mass is 10.2. The molecular formula is C12H20N2S2. The molecule has 90 valence electrons. The van der Waals surface area contributed by atoms with Gasteiger partial charge in [0.2, 0.25) is 0 Å². The molecule has 1 N–H and O–H groups in total. The molecule has 1 atom stereocenters. The molecule has 1 heterocycles. The van der Waals surface area contributed by atoms with Crippen molar-refractivity contribution in [3.8, 4) is 0 Å². The van der Waals surface area contributed by atoms with Gasteiger partial charge in [0, 0.05) is 35.3 Å². The molecule has 1 aromatic rings. The normalized spacial score (nSPS) is 17.6. The number of nitrogens with one attached hydrogen (secondary N) is 1. The first-order valence-electron chi connectivity index (χ1n) is 6.00. The van der Waals surface area contributed by atoms with Gasteiger partial charge in [-0.1, -0.05) is 6.92 Å². The Morgan fingerprint density at radius 2 is 2.44 bits per heavy atom. The Labute approximate surface area is 106 Å². The molecular weight excluding hydrogens is 236 g/mol.